The van der Waals surface area contributed by atoms with Gasteiger partial charge in [-0.25, -0.2) is 4.79 Å². The highest BCUT2D eigenvalue weighted by Gasteiger charge is 2.36. The number of aromatic nitrogens is 1. The molecule has 1 aromatic heterocycles. The number of pyridine rings is 1. The smallest absolute Gasteiger partial charge is 0.318 e. The van der Waals surface area contributed by atoms with Crippen molar-refractivity contribution in [1.29, 1.82) is 0 Å². The Balaban J connectivity index is 2.16. The fraction of sp³-hybridized carbons (Fsp3) is 0.500. The molecular weight excluding hydrogens is 202 g/mol. The molecular formula is C12H17N3O. The number of carbonyl (C=O) groups excluding carboxylic acids is 1. The first kappa shape index (κ1) is 10.9. The number of hydrogen-bond acceptors (Lipinski definition) is 2. The van der Waals surface area contributed by atoms with Crippen LogP contribution in [0.25, 0.3) is 0 Å². The first-order valence-corrected chi connectivity index (χ1v) is 5.47. The Labute approximate surface area is 95.7 Å². The van der Waals surface area contributed by atoms with Crippen LogP contribution in [0.4, 0.5) is 4.79 Å². The van der Waals surface area contributed by atoms with Gasteiger partial charge in [0.05, 0.1) is 11.7 Å². The second-order valence-corrected chi connectivity index (χ2v) is 5.04. The van der Waals surface area contributed by atoms with Gasteiger partial charge in [0.15, 0.2) is 0 Å². The van der Waals surface area contributed by atoms with Gasteiger partial charge < -0.3 is 10.2 Å². The number of carbonyl (C=O) groups is 1. The van der Waals surface area contributed by atoms with Crippen molar-refractivity contribution in [2.75, 3.05) is 6.54 Å². The second-order valence-electron chi connectivity index (χ2n) is 5.04. The quantitative estimate of drug-likeness (QED) is 0.784. The SMILES string of the molecule is CC(C)(C)N1CC(c2ccccn2)NC1=O. The summed E-state index contributed by atoms with van der Waals surface area (Å²) < 4.78 is 0. The highest BCUT2D eigenvalue weighted by atomic mass is 16.2. The van der Waals surface area contributed by atoms with Crippen molar-refractivity contribution in [3.8, 4) is 0 Å². The summed E-state index contributed by atoms with van der Waals surface area (Å²) >= 11 is 0. The van der Waals surface area contributed by atoms with Crippen LogP contribution in [0.3, 0.4) is 0 Å². The Hall–Kier alpha value is -1.58. The molecule has 86 valence electrons. The number of hydrogen-bond donors (Lipinski definition) is 1. The summed E-state index contributed by atoms with van der Waals surface area (Å²) in [6.07, 6.45) is 1.75. The van der Waals surface area contributed by atoms with Crippen LogP contribution >= 0.6 is 0 Å². The summed E-state index contributed by atoms with van der Waals surface area (Å²) in [6.45, 7) is 6.79. The van der Waals surface area contributed by atoms with Crippen molar-refractivity contribution in [2.24, 2.45) is 0 Å². The molecule has 1 aliphatic rings. The van der Waals surface area contributed by atoms with Crippen LogP contribution < -0.4 is 5.32 Å². The van der Waals surface area contributed by atoms with Crippen LogP contribution in [0.2, 0.25) is 0 Å². The molecule has 1 unspecified atom stereocenters. The molecule has 1 fully saturated rings. The van der Waals surface area contributed by atoms with E-state index in [4.69, 9.17) is 0 Å². The summed E-state index contributed by atoms with van der Waals surface area (Å²) in [5.41, 5.74) is 0.774. The number of nitrogens with one attached hydrogen (secondary N) is 1. The van der Waals surface area contributed by atoms with Gasteiger partial charge >= 0.3 is 6.03 Å². The van der Waals surface area contributed by atoms with E-state index in [1.54, 1.807) is 6.20 Å². The van der Waals surface area contributed by atoms with E-state index in [-0.39, 0.29) is 17.6 Å². The fourth-order valence-corrected chi connectivity index (χ4v) is 1.87. The van der Waals surface area contributed by atoms with Crippen LogP contribution in [0.15, 0.2) is 24.4 Å². The maximum absolute atomic E-state index is 11.8. The second kappa shape index (κ2) is 3.77. The zero-order valence-electron chi connectivity index (χ0n) is 9.90. The van der Waals surface area contributed by atoms with E-state index < -0.39 is 0 Å². The largest absolute Gasteiger partial charge is 0.328 e. The van der Waals surface area contributed by atoms with Gasteiger partial charge in [-0.3, -0.25) is 4.98 Å². The van der Waals surface area contributed by atoms with Crippen molar-refractivity contribution in [3.63, 3.8) is 0 Å². The summed E-state index contributed by atoms with van der Waals surface area (Å²) in [5.74, 6) is 0. The molecule has 2 rings (SSSR count). The molecule has 0 aromatic carbocycles. The number of urea groups is 1. The van der Waals surface area contributed by atoms with E-state index in [1.165, 1.54) is 0 Å². The van der Waals surface area contributed by atoms with Crippen LogP contribution in [0.5, 0.6) is 0 Å². The van der Waals surface area contributed by atoms with Crippen LogP contribution in [-0.4, -0.2) is 28.0 Å². The Morgan fingerprint density at radius 3 is 2.69 bits per heavy atom. The standard InChI is InChI=1S/C12H17N3O/c1-12(2,3)15-8-10(14-11(15)16)9-6-4-5-7-13-9/h4-7,10H,8H2,1-3H3,(H,14,16). The predicted octanol–water partition coefficient (Wildman–Crippen LogP) is 1.95. The molecule has 0 spiro atoms. The van der Waals surface area contributed by atoms with Crippen molar-refractivity contribution >= 4 is 6.03 Å². The van der Waals surface area contributed by atoms with Gasteiger partial charge in [-0.15, -0.1) is 0 Å². The van der Waals surface area contributed by atoms with Gasteiger partial charge in [-0.1, -0.05) is 6.07 Å². The normalized spacial score (nSPS) is 21.1. The van der Waals surface area contributed by atoms with Gasteiger partial charge in [0.1, 0.15) is 0 Å². The summed E-state index contributed by atoms with van der Waals surface area (Å²) in [5, 5.41) is 2.95. The average Bonchev–Trinajstić information content (AvgIpc) is 2.61. The molecule has 0 radical (unpaired) electrons. The fourth-order valence-electron chi connectivity index (χ4n) is 1.87. The van der Waals surface area contributed by atoms with Crippen LogP contribution in [0, 0.1) is 0 Å². The molecule has 2 heterocycles. The maximum Gasteiger partial charge on any atom is 0.318 e. The molecule has 4 nitrogen and oxygen atoms in total. The highest BCUT2D eigenvalue weighted by molar-refractivity contribution is 5.77. The lowest BCUT2D eigenvalue weighted by Gasteiger charge is -2.30. The monoisotopic (exact) mass is 219 g/mol. The zero-order valence-corrected chi connectivity index (χ0v) is 9.90. The van der Waals surface area contributed by atoms with E-state index in [9.17, 15) is 4.79 Å². The van der Waals surface area contributed by atoms with Crippen molar-refractivity contribution in [3.05, 3.63) is 30.1 Å². The third-order valence-electron chi connectivity index (χ3n) is 2.76. The predicted molar refractivity (Wildman–Crippen MR) is 62.0 cm³/mol. The first-order valence-electron chi connectivity index (χ1n) is 5.47. The van der Waals surface area contributed by atoms with Crippen molar-refractivity contribution in [1.82, 2.24) is 15.2 Å². The lowest BCUT2D eigenvalue weighted by molar-refractivity contribution is 0.169. The number of rotatable bonds is 1. The molecule has 1 saturated heterocycles. The minimum atomic E-state index is -0.145. The van der Waals surface area contributed by atoms with Crippen molar-refractivity contribution in [2.45, 2.75) is 32.4 Å². The summed E-state index contributed by atoms with van der Waals surface area (Å²) in [4.78, 5) is 17.9. The molecule has 16 heavy (non-hydrogen) atoms. The Bertz CT molecular complexity index is 383. The molecule has 4 heteroatoms. The van der Waals surface area contributed by atoms with Crippen molar-refractivity contribution < 1.29 is 4.79 Å². The molecule has 0 aliphatic carbocycles. The first-order chi connectivity index (χ1) is 7.48. The Morgan fingerprint density at radius 1 is 1.44 bits per heavy atom. The average molecular weight is 219 g/mol. The summed E-state index contributed by atoms with van der Waals surface area (Å²) in [6, 6.07) is 5.75. The van der Waals surface area contributed by atoms with Gasteiger partial charge in [0.25, 0.3) is 0 Å². The van der Waals surface area contributed by atoms with E-state index >= 15 is 0 Å². The third kappa shape index (κ3) is 2.01. The van der Waals surface area contributed by atoms with Gasteiger partial charge in [0, 0.05) is 18.3 Å². The van der Waals surface area contributed by atoms with E-state index in [0.717, 1.165) is 5.69 Å². The highest BCUT2D eigenvalue weighted by Crippen LogP contribution is 2.24. The van der Waals surface area contributed by atoms with Gasteiger partial charge in [-0.05, 0) is 32.9 Å². The third-order valence-corrected chi connectivity index (χ3v) is 2.76. The molecule has 2 amide bonds. The molecule has 1 atom stereocenters. The molecule has 1 aliphatic heterocycles. The Kier molecular flexibility index (Phi) is 2.58. The maximum atomic E-state index is 11.8. The van der Waals surface area contributed by atoms with Gasteiger partial charge in [-0.2, -0.15) is 0 Å². The lowest BCUT2D eigenvalue weighted by Crippen LogP contribution is -2.43. The molecule has 0 saturated carbocycles. The molecule has 0 bridgehead atoms. The minimum absolute atomic E-state index is 0.00734. The lowest BCUT2D eigenvalue weighted by atomic mass is 10.1. The minimum Gasteiger partial charge on any atom is -0.328 e. The summed E-state index contributed by atoms with van der Waals surface area (Å²) in [7, 11) is 0. The molecule has 1 aromatic rings. The van der Waals surface area contributed by atoms with Crippen LogP contribution in [0.1, 0.15) is 32.5 Å². The Morgan fingerprint density at radius 2 is 2.19 bits per heavy atom. The van der Waals surface area contributed by atoms with E-state index in [0.29, 0.717) is 6.54 Å². The molecule has 1 N–H and O–H groups in total. The number of amides is 2. The van der Waals surface area contributed by atoms with E-state index in [1.807, 2.05) is 43.9 Å². The van der Waals surface area contributed by atoms with Gasteiger partial charge in [0.2, 0.25) is 0 Å². The zero-order chi connectivity index (χ0) is 11.8. The van der Waals surface area contributed by atoms with E-state index in [2.05, 4.69) is 10.3 Å². The topological polar surface area (TPSA) is 45.2 Å². The number of nitrogens with zero attached hydrogens (tertiary/aromatic N) is 2. The van der Waals surface area contributed by atoms with Crippen LogP contribution in [-0.2, 0) is 0 Å².